The summed E-state index contributed by atoms with van der Waals surface area (Å²) >= 11 is 0. The van der Waals surface area contributed by atoms with Crippen molar-refractivity contribution in [3.63, 3.8) is 0 Å². The molecule has 0 radical (unpaired) electrons. The smallest absolute Gasteiger partial charge is 0.308 e. The number of hydrogen-bond donors (Lipinski definition) is 3. The highest BCUT2D eigenvalue weighted by atomic mass is 16.7. The van der Waals surface area contributed by atoms with E-state index in [2.05, 4.69) is 59.2 Å². The van der Waals surface area contributed by atoms with Crippen LogP contribution >= 0.6 is 0 Å². The van der Waals surface area contributed by atoms with E-state index in [1.807, 2.05) is 76.2 Å². The zero-order chi connectivity index (χ0) is 46.0. The molecule has 12 heteroatoms. The van der Waals surface area contributed by atoms with Gasteiger partial charge in [0.25, 0.3) is 0 Å². The Morgan fingerprint density at radius 1 is 0.609 bits per heavy atom. The molecule has 12 nitrogen and oxygen atoms in total. The average molecular weight is 875 g/mol. The molecule has 4 aromatic rings. The van der Waals surface area contributed by atoms with Crippen molar-refractivity contribution in [2.45, 2.75) is 104 Å². The molecule has 0 spiro atoms. The Labute approximate surface area is 376 Å². The second kappa shape index (κ2) is 18.6. The van der Waals surface area contributed by atoms with Crippen molar-refractivity contribution in [3.05, 3.63) is 119 Å². The van der Waals surface area contributed by atoms with E-state index in [0.717, 1.165) is 22.3 Å². The van der Waals surface area contributed by atoms with Crippen LogP contribution in [0.1, 0.15) is 102 Å². The van der Waals surface area contributed by atoms with Crippen LogP contribution in [0.4, 0.5) is 0 Å². The third-order valence-corrected chi connectivity index (χ3v) is 12.6. The summed E-state index contributed by atoms with van der Waals surface area (Å²) in [5.74, 6) is -4.18. The quantitative estimate of drug-likeness (QED) is 0.119. The lowest BCUT2D eigenvalue weighted by Gasteiger charge is -2.44. The molecule has 2 aliphatic carbocycles. The molecule has 0 aromatic heterocycles. The number of ether oxygens (including phenoxy) is 5. The van der Waals surface area contributed by atoms with Crippen LogP contribution < -0.4 is 10.6 Å². The van der Waals surface area contributed by atoms with Gasteiger partial charge in [0.2, 0.25) is 11.8 Å². The van der Waals surface area contributed by atoms with E-state index in [1.54, 1.807) is 27.7 Å². The van der Waals surface area contributed by atoms with Gasteiger partial charge < -0.3 is 39.4 Å². The fourth-order valence-electron chi connectivity index (χ4n) is 9.10. The predicted molar refractivity (Wildman–Crippen MR) is 242 cm³/mol. The summed E-state index contributed by atoms with van der Waals surface area (Å²) in [5, 5.41) is 15.6. The highest BCUT2D eigenvalue weighted by molar-refractivity contribution is 5.84. The van der Waals surface area contributed by atoms with Gasteiger partial charge in [-0.1, -0.05) is 125 Å². The Morgan fingerprint density at radius 2 is 1.00 bits per heavy atom. The minimum Gasteiger partial charge on any atom is -0.481 e. The first-order chi connectivity index (χ1) is 30.3. The van der Waals surface area contributed by atoms with Gasteiger partial charge in [-0.2, -0.15) is 0 Å². The summed E-state index contributed by atoms with van der Waals surface area (Å²) in [6, 6.07) is 32.7. The van der Waals surface area contributed by atoms with Crippen molar-refractivity contribution in [2.24, 2.45) is 16.7 Å². The number of carbonyl (C=O) groups is 4. The predicted octanol–water partition coefficient (Wildman–Crippen LogP) is 8.21. The molecule has 64 heavy (non-hydrogen) atoms. The second-order valence-electron chi connectivity index (χ2n) is 19.5. The van der Waals surface area contributed by atoms with E-state index in [9.17, 15) is 24.3 Å². The number of amides is 2. The van der Waals surface area contributed by atoms with E-state index in [-0.39, 0.29) is 55.7 Å². The Hall–Kier alpha value is -5.40. The Kier molecular flexibility index (Phi) is 13.5. The van der Waals surface area contributed by atoms with Crippen LogP contribution in [-0.4, -0.2) is 85.6 Å². The molecule has 2 heterocycles. The Bertz CT molecular complexity index is 2280. The van der Waals surface area contributed by atoms with Crippen LogP contribution in [0.3, 0.4) is 0 Å². The van der Waals surface area contributed by atoms with Crippen molar-refractivity contribution in [3.8, 4) is 22.3 Å². The molecule has 340 valence electrons. The number of carbonyl (C=O) groups excluding carboxylic acids is 3. The highest BCUT2D eigenvalue weighted by Crippen LogP contribution is 2.48. The Morgan fingerprint density at radius 3 is 1.42 bits per heavy atom. The fourth-order valence-corrected chi connectivity index (χ4v) is 9.10. The van der Waals surface area contributed by atoms with Gasteiger partial charge in [0.15, 0.2) is 11.6 Å². The number of carboxylic acids is 1. The topological polar surface area (TPSA) is 159 Å². The zero-order valence-electron chi connectivity index (χ0n) is 38.2. The lowest BCUT2D eigenvalue weighted by molar-refractivity contribution is -0.304. The number of benzene rings is 4. The monoisotopic (exact) mass is 874 g/mol. The van der Waals surface area contributed by atoms with Crippen molar-refractivity contribution in [1.82, 2.24) is 10.6 Å². The van der Waals surface area contributed by atoms with Gasteiger partial charge in [-0.25, -0.2) is 0 Å². The molecule has 3 N–H and O–H groups in total. The second-order valence-corrected chi connectivity index (χ2v) is 19.5. The van der Waals surface area contributed by atoms with Gasteiger partial charge in [0, 0.05) is 35.8 Å². The maximum absolute atomic E-state index is 13.0. The van der Waals surface area contributed by atoms with E-state index in [4.69, 9.17) is 23.7 Å². The van der Waals surface area contributed by atoms with Crippen LogP contribution in [0.15, 0.2) is 97.1 Å². The average Bonchev–Trinajstić information content (AvgIpc) is 3.75. The van der Waals surface area contributed by atoms with Crippen LogP contribution in [0.25, 0.3) is 22.3 Å². The van der Waals surface area contributed by atoms with Gasteiger partial charge in [-0.15, -0.1) is 0 Å². The third kappa shape index (κ3) is 10.3. The number of fused-ring (bicyclic) bond motifs is 6. The lowest BCUT2D eigenvalue weighted by Crippen LogP contribution is -2.57. The first-order valence-corrected chi connectivity index (χ1v) is 22.2. The van der Waals surface area contributed by atoms with Gasteiger partial charge in [-0.3, -0.25) is 19.2 Å². The normalized spacial score (nSPS) is 21.4. The molecule has 0 bridgehead atoms. The van der Waals surface area contributed by atoms with Gasteiger partial charge in [0.1, 0.15) is 18.8 Å². The van der Waals surface area contributed by atoms with Crippen molar-refractivity contribution >= 4 is 23.8 Å². The summed E-state index contributed by atoms with van der Waals surface area (Å²) < 4.78 is 28.7. The Balaban J connectivity index is 0.000000191. The minimum atomic E-state index is -0.917. The van der Waals surface area contributed by atoms with Gasteiger partial charge in [0.05, 0.1) is 25.6 Å². The number of carboxylic acid groups (broad SMARTS) is 1. The molecule has 0 saturated carbocycles. The summed E-state index contributed by atoms with van der Waals surface area (Å²) in [6.45, 7) is 16.1. The third-order valence-electron chi connectivity index (χ3n) is 12.6. The number of nitrogens with one attached hydrogen (secondary N) is 2. The molecule has 2 amide bonds. The first-order valence-electron chi connectivity index (χ1n) is 22.2. The number of aliphatic carboxylic acids is 1. The van der Waals surface area contributed by atoms with E-state index >= 15 is 0 Å². The molecule has 2 fully saturated rings. The number of rotatable bonds is 12. The van der Waals surface area contributed by atoms with Crippen molar-refractivity contribution < 1.29 is 48.0 Å². The molecule has 2 saturated heterocycles. The summed E-state index contributed by atoms with van der Waals surface area (Å²) in [4.78, 5) is 50.2. The number of esters is 1. The number of hydrogen-bond acceptors (Lipinski definition) is 9. The van der Waals surface area contributed by atoms with E-state index in [1.165, 1.54) is 22.3 Å². The molecule has 3 atom stereocenters. The van der Waals surface area contributed by atoms with E-state index in [0.29, 0.717) is 19.6 Å². The van der Waals surface area contributed by atoms with Gasteiger partial charge >= 0.3 is 11.9 Å². The summed E-state index contributed by atoms with van der Waals surface area (Å²) in [6.07, 6.45) is -0.843. The summed E-state index contributed by atoms with van der Waals surface area (Å²) in [7, 11) is 0. The molecular formula is C52H62N2O10. The van der Waals surface area contributed by atoms with Crippen LogP contribution in [0, 0.1) is 16.7 Å². The molecule has 2 aliphatic heterocycles. The zero-order valence-corrected chi connectivity index (χ0v) is 38.2. The van der Waals surface area contributed by atoms with Crippen LogP contribution in [0.2, 0.25) is 0 Å². The molecule has 4 aromatic carbocycles. The molecule has 4 aliphatic rings. The minimum absolute atomic E-state index is 0.0184. The van der Waals surface area contributed by atoms with Crippen LogP contribution in [0.5, 0.6) is 0 Å². The van der Waals surface area contributed by atoms with Gasteiger partial charge in [-0.05, 0) is 78.6 Å². The first kappa shape index (κ1) is 46.6. The summed E-state index contributed by atoms with van der Waals surface area (Å²) in [5.41, 5.74) is 8.36. The van der Waals surface area contributed by atoms with Crippen molar-refractivity contribution in [1.29, 1.82) is 0 Å². The van der Waals surface area contributed by atoms with Crippen molar-refractivity contribution in [2.75, 3.05) is 32.9 Å². The SMILES string of the molecule is CC1(C)OCC(C)(C)C(C(=O)NC[C@@H](CC2c3ccccc3-c3ccccc32)C(=O)O)O1.CC1(C)OCC(C)(C)[C@H](C(=O)NCCC(=O)OCC2c3ccccc3-c3ccccc32)O1. The molecular weight excluding hydrogens is 813 g/mol. The fraction of sp³-hybridized carbons (Fsp3) is 0.462. The maximum Gasteiger partial charge on any atom is 0.308 e. The van der Waals surface area contributed by atoms with Crippen LogP contribution in [-0.2, 0) is 42.9 Å². The maximum atomic E-state index is 13.0. The molecule has 1 unspecified atom stereocenters. The standard InChI is InChI=1S/2C26H31NO5/c1-25(2)15-31-26(3,4)32-22(25)23(28)27-14-16(24(29)30)13-21-19-11-7-5-9-17(19)18-10-6-8-12-20(18)21;1-25(2)16-31-26(3,4)32-23(25)24(29)27-14-13-22(28)30-15-21-19-11-7-5-9-17(19)18-10-6-8-12-20(18)21/h5-12,16,21-22H,13-15H2,1-4H3,(H,27,28)(H,29,30);5-12,21,23H,13-16H2,1-4H3,(H,27,29)/t16-,22?;23-/m10/s1. The largest absolute Gasteiger partial charge is 0.481 e. The lowest BCUT2D eigenvalue weighted by atomic mass is 9.84. The van der Waals surface area contributed by atoms with E-state index < -0.39 is 46.5 Å². The highest BCUT2D eigenvalue weighted by Gasteiger charge is 2.47. The molecule has 8 rings (SSSR count).